The lowest BCUT2D eigenvalue weighted by atomic mass is 9.81. The van der Waals surface area contributed by atoms with Crippen molar-refractivity contribution in [2.24, 2.45) is 0 Å². The van der Waals surface area contributed by atoms with Gasteiger partial charge in [-0.2, -0.15) is 0 Å². The van der Waals surface area contributed by atoms with E-state index in [0.29, 0.717) is 23.8 Å². The van der Waals surface area contributed by atoms with Gasteiger partial charge in [-0.25, -0.2) is 9.59 Å². The molecule has 0 radical (unpaired) electrons. The summed E-state index contributed by atoms with van der Waals surface area (Å²) < 4.78 is 10.1. The minimum Gasteiger partial charge on any atom is -0.467 e. The summed E-state index contributed by atoms with van der Waals surface area (Å²) in [6.45, 7) is 0. The van der Waals surface area contributed by atoms with Crippen molar-refractivity contribution >= 4 is 22.8 Å². The van der Waals surface area contributed by atoms with Crippen molar-refractivity contribution in [1.82, 2.24) is 5.32 Å². The average molecular weight is 329 g/mol. The summed E-state index contributed by atoms with van der Waals surface area (Å²) in [7, 11) is 1.30. The Bertz CT molecular complexity index is 833. The Morgan fingerprint density at radius 3 is 2.58 bits per heavy atom. The van der Waals surface area contributed by atoms with Gasteiger partial charge in [-0.3, -0.25) is 4.79 Å². The smallest absolute Gasteiger partial charge is 0.349 e. The van der Waals surface area contributed by atoms with Crippen molar-refractivity contribution in [2.75, 3.05) is 7.11 Å². The zero-order chi connectivity index (χ0) is 17.2. The molecule has 1 aliphatic rings. The quantitative estimate of drug-likeness (QED) is 0.690. The molecule has 3 rings (SSSR count). The second-order valence-corrected chi connectivity index (χ2v) is 6.07. The molecule has 6 nitrogen and oxygen atoms in total. The number of rotatable bonds is 3. The molecule has 1 heterocycles. The van der Waals surface area contributed by atoms with Gasteiger partial charge in [0.1, 0.15) is 16.7 Å². The lowest BCUT2D eigenvalue weighted by Crippen LogP contribution is -2.56. The summed E-state index contributed by atoms with van der Waals surface area (Å²) in [6.07, 6.45) is 3.66. The van der Waals surface area contributed by atoms with Crippen LogP contribution in [0.2, 0.25) is 0 Å². The number of methoxy groups -OCH3 is 1. The van der Waals surface area contributed by atoms with Gasteiger partial charge >= 0.3 is 11.6 Å². The third kappa shape index (κ3) is 2.91. The van der Waals surface area contributed by atoms with Gasteiger partial charge in [-0.05, 0) is 25.0 Å². The van der Waals surface area contributed by atoms with E-state index in [1.165, 1.54) is 13.2 Å². The highest BCUT2D eigenvalue weighted by Crippen LogP contribution is 2.29. The van der Waals surface area contributed by atoms with E-state index in [2.05, 4.69) is 5.32 Å². The molecule has 0 atom stereocenters. The second kappa shape index (κ2) is 6.47. The number of esters is 1. The Labute approximate surface area is 138 Å². The zero-order valence-electron chi connectivity index (χ0n) is 13.5. The van der Waals surface area contributed by atoms with Crippen molar-refractivity contribution in [3.05, 3.63) is 46.3 Å². The number of hydrogen-bond acceptors (Lipinski definition) is 5. The molecule has 0 bridgehead atoms. The predicted molar refractivity (Wildman–Crippen MR) is 87.8 cm³/mol. The van der Waals surface area contributed by atoms with Crippen molar-refractivity contribution in [3.63, 3.8) is 0 Å². The van der Waals surface area contributed by atoms with Crippen molar-refractivity contribution in [1.29, 1.82) is 0 Å². The van der Waals surface area contributed by atoms with Crippen molar-refractivity contribution < 1.29 is 18.7 Å². The molecule has 6 heteroatoms. The number of para-hydroxylation sites is 1. The van der Waals surface area contributed by atoms with Gasteiger partial charge in [0.15, 0.2) is 0 Å². The van der Waals surface area contributed by atoms with E-state index < -0.39 is 23.0 Å². The van der Waals surface area contributed by atoms with Crippen LogP contribution < -0.4 is 10.9 Å². The van der Waals surface area contributed by atoms with Crippen LogP contribution in [-0.4, -0.2) is 24.5 Å². The van der Waals surface area contributed by atoms with Gasteiger partial charge in [-0.15, -0.1) is 0 Å². The molecule has 0 unspecified atom stereocenters. The van der Waals surface area contributed by atoms with Gasteiger partial charge in [-0.1, -0.05) is 37.5 Å². The number of amides is 1. The predicted octanol–water partition coefficient (Wildman–Crippen LogP) is 2.40. The first kappa shape index (κ1) is 16.2. The van der Waals surface area contributed by atoms with E-state index in [-0.39, 0.29) is 5.56 Å². The van der Waals surface area contributed by atoms with Gasteiger partial charge in [0.05, 0.1) is 7.11 Å². The number of fused-ring (bicyclic) bond motifs is 1. The van der Waals surface area contributed by atoms with Crippen LogP contribution in [0.15, 0.2) is 39.5 Å². The van der Waals surface area contributed by atoms with E-state index in [1.807, 2.05) is 0 Å². The Morgan fingerprint density at radius 2 is 1.88 bits per heavy atom. The molecule has 2 aromatic rings. The highest BCUT2D eigenvalue weighted by atomic mass is 16.5. The molecule has 1 aromatic heterocycles. The molecular formula is C18H19NO5. The lowest BCUT2D eigenvalue weighted by Gasteiger charge is -2.35. The normalized spacial score (nSPS) is 16.5. The van der Waals surface area contributed by atoms with Crippen LogP contribution in [0.3, 0.4) is 0 Å². The number of hydrogen-bond donors (Lipinski definition) is 1. The van der Waals surface area contributed by atoms with E-state index in [4.69, 9.17) is 9.15 Å². The van der Waals surface area contributed by atoms with Gasteiger partial charge in [0, 0.05) is 5.39 Å². The van der Waals surface area contributed by atoms with Crippen LogP contribution in [0.1, 0.15) is 42.5 Å². The van der Waals surface area contributed by atoms with Crippen LogP contribution in [0.5, 0.6) is 0 Å². The monoisotopic (exact) mass is 329 g/mol. The summed E-state index contributed by atoms with van der Waals surface area (Å²) >= 11 is 0. The minimum absolute atomic E-state index is 0.109. The summed E-state index contributed by atoms with van der Waals surface area (Å²) in [5, 5.41) is 3.38. The molecule has 1 aliphatic carbocycles. The van der Waals surface area contributed by atoms with Gasteiger partial charge < -0.3 is 14.5 Å². The minimum atomic E-state index is -1.07. The van der Waals surface area contributed by atoms with E-state index >= 15 is 0 Å². The maximum absolute atomic E-state index is 12.6. The summed E-state index contributed by atoms with van der Waals surface area (Å²) in [5.74, 6) is -1.08. The Hall–Kier alpha value is -2.63. The number of carbonyl (C=O) groups excluding carboxylic acids is 2. The van der Waals surface area contributed by atoms with Gasteiger partial charge in [0.25, 0.3) is 5.91 Å². The largest absolute Gasteiger partial charge is 0.467 e. The van der Waals surface area contributed by atoms with E-state index in [0.717, 1.165) is 19.3 Å². The maximum atomic E-state index is 12.6. The highest BCUT2D eigenvalue weighted by Gasteiger charge is 2.42. The Morgan fingerprint density at radius 1 is 1.17 bits per heavy atom. The first-order valence-corrected chi connectivity index (χ1v) is 7.99. The van der Waals surface area contributed by atoms with Crippen LogP contribution >= 0.6 is 0 Å². The molecule has 1 aromatic carbocycles. The highest BCUT2D eigenvalue weighted by molar-refractivity contribution is 5.99. The molecular weight excluding hydrogens is 310 g/mol. The fourth-order valence-corrected chi connectivity index (χ4v) is 3.24. The first-order valence-electron chi connectivity index (χ1n) is 7.99. The van der Waals surface area contributed by atoms with Crippen LogP contribution in [0, 0.1) is 0 Å². The molecule has 1 saturated carbocycles. The Kier molecular flexibility index (Phi) is 4.38. The van der Waals surface area contributed by atoms with Crippen molar-refractivity contribution in [2.45, 2.75) is 37.6 Å². The van der Waals surface area contributed by atoms with Crippen LogP contribution in [0.25, 0.3) is 11.0 Å². The summed E-state index contributed by atoms with van der Waals surface area (Å²) in [5.41, 5.74) is -1.48. The average Bonchev–Trinajstić information content (AvgIpc) is 2.61. The molecule has 1 fully saturated rings. The standard InChI is InChI=1S/C18H19NO5/c1-23-17(22)18(9-5-2-6-10-18)19-15(20)13-11-12-7-3-4-8-14(12)24-16(13)21/h3-4,7-8,11H,2,5-6,9-10H2,1H3,(H,19,20). The topological polar surface area (TPSA) is 85.6 Å². The van der Waals surface area contributed by atoms with Gasteiger partial charge in [0.2, 0.25) is 0 Å². The third-order valence-electron chi connectivity index (χ3n) is 4.52. The summed E-state index contributed by atoms with van der Waals surface area (Å²) in [6, 6.07) is 8.45. The summed E-state index contributed by atoms with van der Waals surface area (Å²) in [4.78, 5) is 37.0. The lowest BCUT2D eigenvalue weighted by molar-refractivity contribution is -0.149. The molecule has 0 saturated heterocycles. The molecule has 0 spiro atoms. The van der Waals surface area contributed by atoms with Crippen LogP contribution in [-0.2, 0) is 9.53 Å². The fourth-order valence-electron chi connectivity index (χ4n) is 3.24. The van der Waals surface area contributed by atoms with E-state index in [9.17, 15) is 14.4 Å². The van der Waals surface area contributed by atoms with Crippen LogP contribution in [0.4, 0.5) is 0 Å². The number of nitrogens with one attached hydrogen (secondary N) is 1. The zero-order valence-corrected chi connectivity index (χ0v) is 13.5. The molecule has 24 heavy (non-hydrogen) atoms. The molecule has 126 valence electrons. The number of benzene rings is 1. The molecule has 1 N–H and O–H groups in total. The number of ether oxygens (including phenoxy) is 1. The first-order chi connectivity index (χ1) is 11.6. The maximum Gasteiger partial charge on any atom is 0.349 e. The number of carbonyl (C=O) groups is 2. The van der Waals surface area contributed by atoms with E-state index in [1.54, 1.807) is 24.3 Å². The Balaban J connectivity index is 1.94. The molecule has 1 amide bonds. The second-order valence-electron chi connectivity index (χ2n) is 6.07. The fraction of sp³-hybridized carbons (Fsp3) is 0.389. The van der Waals surface area contributed by atoms with Crippen molar-refractivity contribution in [3.8, 4) is 0 Å². The third-order valence-corrected chi connectivity index (χ3v) is 4.52. The molecule has 0 aliphatic heterocycles. The SMILES string of the molecule is COC(=O)C1(NC(=O)c2cc3ccccc3oc2=O)CCCCC1.